The average Bonchev–Trinajstić information content (AvgIpc) is 3.12. The lowest BCUT2D eigenvalue weighted by atomic mass is 9.61. The van der Waals surface area contributed by atoms with Crippen molar-refractivity contribution in [3.05, 3.63) is 102 Å². The summed E-state index contributed by atoms with van der Waals surface area (Å²) < 4.78 is 55.3. The molecule has 2 saturated carbocycles. The van der Waals surface area contributed by atoms with Crippen LogP contribution in [0.2, 0.25) is 0 Å². The molecule has 1 amide bonds. The first-order valence-corrected chi connectivity index (χ1v) is 19.7. The molecule has 1 unspecified atom stereocenters. The highest BCUT2D eigenvalue weighted by atomic mass is 19.3. The van der Waals surface area contributed by atoms with Crippen LogP contribution in [-0.4, -0.2) is 99.9 Å². The van der Waals surface area contributed by atoms with Crippen LogP contribution in [0.15, 0.2) is 73.3 Å². The molecule has 2 aromatic heterocycles. The number of anilines is 1. The van der Waals surface area contributed by atoms with Crippen LogP contribution in [-0.2, 0) is 13.0 Å². The quantitative estimate of drug-likeness (QED) is 0.137. The van der Waals surface area contributed by atoms with Crippen molar-refractivity contribution in [3.63, 3.8) is 0 Å². The number of halogens is 3. The van der Waals surface area contributed by atoms with Gasteiger partial charge in [0, 0.05) is 80.7 Å². The molecule has 4 aromatic rings. The molecule has 4 aliphatic rings. The van der Waals surface area contributed by atoms with E-state index in [-0.39, 0.29) is 34.9 Å². The van der Waals surface area contributed by atoms with Gasteiger partial charge in [0.1, 0.15) is 29.7 Å². The Bertz CT molecular complexity index is 2030. The summed E-state index contributed by atoms with van der Waals surface area (Å²) in [5.41, 5.74) is 3.68. The second-order valence-electron chi connectivity index (χ2n) is 16.7. The molecule has 1 atom stereocenters. The Morgan fingerprint density at radius 2 is 1.75 bits per heavy atom. The van der Waals surface area contributed by atoms with E-state index < -0.39 is 36.5 Å². The molecule has 2 aliphatic heterocycles. The Balaban J connectivity index is 0.939. The van der Waals surface area contributed by atoms with E-state index in [4.69, 9.17) is 14.5 Å². The van der Waals surface area contributed by atoms with E-state index in [0.29, 0.717) is 11.6 Å². The lowest BCUT2D eigenvalue weighted by molar-refractivity contribution is -0.120. The zero-order chi connectivity index (χ0) is 39.2. The Morgan fingerprint density at radius 1 is 0.982 bits per heavy atom. The number of benzene rings is 2. The van der Waals surface area contributed by atoms with Crippen molar-refractivity contribution in [2.24, 2.45) is 5.41 Å². The van der Waals surface area contributed by atoms with E-state index >= 15 is 0 Å². The fourth-order valence-electron chi connectivity index (χ4n) is 9.08. The minimum atomic E-state index is -2.81. The zero-order valence-electron chi connectivity index (χ0n) is 32.5. The molecule has 8 rings (SSSR count). The number of ether oxygens (including phenoxy) is 2. The third kappa shape index (κ3) is 7.80. The van der Waals surface area contributed by atoms with Crippen molar-refractivity contribution < 1.29 is 27.4 Å². The van der Waals surface area contributed by atoms with Crippen LogP contribution in [0.1, 0.15) is 79.2 Å². The maximum absolute atomic E-state index is 14.6. The van der Waals surface area contributed by atoms with Gasteiger partial charge in [0.2, 0.25) is 0 Å². The van der Waals surface area contributed by atoms with Crippen LogP contribution in [0.3, 0.4) is 0 Å². The number of pyridine rings is 1. The number of alkyl halides is 2. The van der Waals surface area contributed by atoms with Crippen LogP contribution < -0.4 is 14.4 Å². The number of carbonyl (C=O) groups is 1. The van der Waals surface area contributed by atoms with Crippen molar-refractivity contribution in [2.45, 2.75) is 89.1 Å². The fourth-order valence-corrected chi connectivity index (χ4v) is 9.08. The smallest absolute Gasteiger partial charge is 0.258 e. The molecule has 2 aromatic carbocycles. The third-order valence-electron chi connectivity index (χ3n) is 11.8. The number of amides is 1. The van der Waals surface area contributed by atoms with Crippen LogP contribution in [0.25, 0.3) is 0 Å². The minimum absolute atomic E-state index is 0.0341. The predicted molar refractivity (Wildman–Crippen MR) is 207 cm³/mol. The third-order valence-corrected chi connectivity index (χ3v) is 11.8. The Morgan fingerprint density at radius 3 is 2.46 bits per heavy atom. The lowest BCUT2D eigenvalue weighted by Gasteiger charge is -2.59. The number of rotatable bonds is 13. The molecule has 1 saturated heterocycles. The van der Waals surface area contributed by atoms with Gasteiger partial charge in [-0.25, -0.2) is 23.1 Å². The molecule has 0 N–H and O–H groups in total. The molecular formula is C43H50F3N7O3. The first-order valence-electron chi connectivity index (χ1n) is 19.7. The van der Waals surface area contributed by atoms with Crippen molar-refractivity contribution >= 4 is 11.7 Å². The van der Waals surface area contributed by atoms with E-state index in [1.54, 1.807) is 13.8 Å². The molecule has 3 fully saturated rings. The maximum atomic E-state index is 14.6. The Labute approximate surface area is 326 Å². The first kappa shape index (κ1) is 38.1. The van der Waals surface area contributed by atoms with E-state index in [1.165, 1.54) is 40.7 Å². The number of carbonyl (C=O) groups excluding carboxylic acids is 1. The first-order chi connectivity index (χ1) is 26.9. The molecule has 2 aliphatic carbocycles. The van der Waals surface area contributed by atoms with E-state index in [9.17, 15) is 18.0 Å². The number of nitrogens with zero attached hydrogens (tertiary/aromatic N) is 7. The summed E-state index contributed by atoms with van der Waals surface area (Å²) in [6.07, 6.45) is 7.77. The zero-order valence-corrected chi connectivity index (χ0v) is 32.5. The normalized spacial score (nSPS) is 20.3. The summed E-state index contributed by atoms with van der Waals surface area (Å²) in [6, 6.07) is 15.6. The van der Waals surface area contributed by atoms with Gasteiger partial charge < -0.3 is 24.2 Å². The molecule has 4 heterocycles. The second kappa shape index (κ2) is 15.3. The molecule has 13 heteroatoms. The van der Waals surface area contributed by atoms with Gasteiger partial charge in [0.25, 0.3) is 11.8 Å². The number of aromatic nitrogens is 3. The largest absolute Gasteiger partial charge is 0.490 e. The van der Waals surface area contributed by atoms with E-state index in [2.05, 4.69) is 69.1 Å². The predicted octanol–water partition coefficient (Wildman–Crippen LogP) is 7.55. The van der Waals surface area contributed by atoms with Crippen LogP contribution in [0.5, 0.6) is 17.2 Å². The molecule has 0 bridgehead atoms. The van der Waals surface area contributed by atoms with E-state index in [0.717, 1.165) is 75.9 Å². The van der Waals surface area contributed by atoms with Crippen molar-refractivity contribution in [3.8, 4) is 17.2 Å². The lowest BCUT2D eigenvalue weighted by Crippen LogP contribution is -2.65. The second-order valence-corrected chi connectivity index (χ2v) is 16.7. The van der Waals surface area contributed by atoms with Gasteiger partial charge >= 0.3 is 0 Å². The summed E-state index contributed by atoms with van der Waals surface area (Å²) in [5.74, 6) is -2.04. The number of hydrogen-bond donors (Lipinski definition) is 0. The monoisotopic (exact) mass is 769 g/mol. The van der Waals surface area contributed by atoms with Crippen molar-refractivity contribution in [1.29, 1.82) is 0 Å². The van der Waals surface area contributed by atoms with Crippen LogP contribution >= 0.6 is 0 Å². The summed E-state index contributed by atoms with van der Waals surface area (Å²) in [4.78, 5) is 35.7. The standard InChI is InChI=1S/C43H50F3N7O3/c1-28(2)53(31-19-43(45,46)20-31)41(54)33-18-30(44)10-11-36(33)56-38-23-47-27-49-40(38)52-25-42(26-52)21-32(22-42)55-37-12-15-48-34-13-17-51(24-29-8-6-5-7-9-29)35(39(34)37)14-16-50(3)4/h5-12,15,18,23,27-28,31-32,35H,13-14,16-17,19-22,24-26H2,1-4H3. The number of fused-ring (bicyclic) bond motifs is 1. The summed E-state index contributed by atoms with van der Waals surface area (Å²) >= 11 is 0. The molecule has 10 nitrogen and oxygen atoms in total. The van der Waals surface area contributed by atoms with Gasteiger partial charge in [-0.15, -0.1) is 0 Å². The minimum Gasteiger partial charge on any atom is -0.490 e. The highest BCUT2D eigenvalue weighted by molar-refractivity contribution is 5.97. The van der Waals surface area contributed by atoms with Gasteiger partial charge in [-0.05, 0) is 83.6 Å². The van der Waals surface area contributed by atoms with Crippen LogP contribution in [0, 0.1) is 11.2 Å². The summed E-state index contributed by atoms with van der Waals surface area (Å²) in [6.45, 7) is 7.81. The highest BCUT2D eigenvalue weighted by Gasteiger charge is 2.55. The Hall–Kier alpha value is -4.75. The van der Waals surface area contributed by atoms with Crippen LogP contribution in [0.4, 0.5) is 19.0 Å². The molecule has 56 heavy (non-hydrogen) atoms. The van der Waals surface area contributed by atoms with Gasteiger partial charge in [0.15, 0.2) is 11.6 Å². The molecule has 1 spiro atoms. The van der Waals surface area contributed by atoms with Gasteiger partial charge in [-0.2, -0.15) is 0 Å². The molecular weight excluding hydrogens is 720 g/mol. The van der Waals surface area contributed by atoms with Gasteiger partial charge in [-0.3, -0.25) is 14.7 Å². The van der Waals surface area contributed by atoms with Crippen molar-refractivity contribution in [1.82, 2.24) is 29.7 Å². The topological polar surface area (TPSA) is 87.2 Å². The van der Waals surface area contributed by atoms with E-state index in [1.807, 2.05) is 12.3 Å². The van der Waals surface area contributed by atoms with Gasteiger partial charge in [0.05, 0.1) is 17.5 Å². The molecule has 0 radical (unpaired) electrons. The molecule has 296 valence electrons. The Kier molecular flexibility index (Phi) is 10.4. The van der Waals surface area contributed by atoms with Gasteiger partial charge in [-0.1, -0.05) is 30.3 Å². The maximum Gasteiger partial charge on any atom is 0.258 e. The fraction of sp³-hybridized carbons (Fsp3) is 0.488. The van der Waals surface area contributed by atoms with Crippen molar-refractivity contribution in [2.75, 3.05) is 45.2 Å². The number of hydrogen-bond acceptors (Lipinski definition) is 9. The average molecular weight is 770 g/mol. The summed E-state index contributed by atoms with van der Waals surface area (Å²) in [7, 11) is 4.23. The summed E-state index contributed by atoms with van der Waals surface area (Å²) in [5, 5.41) is 0. The SMILES string of the molecule is CC(C)N(C(=O)c1cc(F)ccc1Oc1cncnc1N1CC2(CC(Oc3ccnc4c3C(CCN(C)C)N(Cc3ccccc3)CC4)C2)C1)C1CC(F)(F)C1. The highest BCUT2D eigenvalue weighted by Crippen LogP contribution is 2.53.